The summed E-state index contributed by atoms with van der Waals surface area (Å²) < 4.78 is 5.97. The highest BCUT2D eigenvalue weighted by Gasteiger charge is 2.07. The van der Waals surface area contributed by atoms with Gasteiger partial charge in [0.15, 0.2) is 0 Å². The average molecular weight is 394 g/mol. The van der Waals surface area contributed by atoms with E-state index in [1.54, 1.807) is 6.33 Å². The van der Waals surface area contributed by atoms with Crippen LogP contribution in [-0.2, 0) is 0 Å². The fourth-order valence-electron chi connectivity index (χ4n) is 3.06. The number of rotatable bonds is 5. The van der Waals surface area contributed by atoms with E-state index in [9.17, 15) is 0 Å². The van der Waals surface area contributed by atoms with E-state index in [2.05, 4.69) is 32.4 Å². The molecule has 0 bridgehead atoms. The molecule has 4 rings (SSSR count). The maximum absolute atomic E-state index is 5.97. The normalized spacial score (nSPS) is 10.3. The van der Waals surface area contributed by atoms with Crippen molar-refractivity contribution in [2.45, 2.75) is 6.92 Å². The molecule has 0 unspecified atom stereocenters. The highest BCUT2D eigenvalue weighted by molar-refractivity contribution is 5.91. The number of nitrogens with one attached hydrogen (secondary N) is 2. The fraction of sp³-hybridized carbons (Fsp3) is 0.120. The monoisotopic (exact) mass is 394 g/mol. The van der Waals surface area contributed by atoms with Gasteiger partial charge in [0, 0.05) is 16.6 Å². The van der Waals surface area contributed by atoms with E-state index in [0.29, 0.717) is 6.54 Å². The van der Waals surface area contributed by atoms with Crippen molar-refractivity contribution in [3.63, 3.8) is 0 Å². The number of anilines is 2. The van der Waals surface area contributed by atoms with E-state index in [4.69, 9.17) is 4.74 Å². The van der Waals surface area contributed by atoms with Crippen molar-refractivity contribution in [2.24, 2.45) is 0 Å². The standard InChI is InChI=1S/C25H22N4O/c1-18-15-20(11-13-24(18)30-21-8-4-3-5-9-21)29-25-22-16-19(7-6-14-26-2)10-12-23(22)27-17-28-25/h3-5,8-13,15-17,26H,14H2,1-2H3,(H,27,28,29). The molecule has 0 saturated carbocycles. The molecule has 148 valence electrons. The lowest BCUT2D eigenvalue weighted by atomic mass is 10.1. The van der Waals surface area contributed by atoms with Crippen molar-refractivity contribution in [1.29, 1.82) is 0 Å². The average Bonchev–Trinajstić information content (AvgIpc) is 2.77. The van der Waals surface area contributed by atoms with Crippen molar-refractivity contribution < 1.29 is 4.74 Å². The topological polar surface area (TPSA) is 59.1 Å². The molecule has 1 aromatic heterocycles. The molecule has 0 aliphatic heterocycles. The Bertz CT molecular complexity index is 1230. The summed E-state index contributed by atoms with van der Waals surface area (Å²) in [6.07, 6.45) is 1.57. The van der Waals surface area contributed by atoms with Crippen LogP contribution in [0.2, 0.25) is 0 Å². The molecule has 0 amide bonds. The Kier molecular flexibility index (Phi) is 5.88. The zero-order valence-corrected chi connectivity index (χ0v) is 16.9. The maximum Gasteiger partial charge on any atom is 0.141 e. The number of para-hydroxylation sites is 1. The lowest BCUT2D eigenvalue weighted by molar-refractivity contribution is 0.479. The number of aryl methyl sites for hydroxylation is 1. The van der Waals surface area contributed by atoms with E-state index in [1.807, 2.05) is 80.7 Å². The first-order valence-corrected chi connectivity index (χ1v) is 9.72. The molecular weight excluding hydrogens is 372 g/mol. The SMILES string of the molecule is CNCC#Cc1ccc2ncnc(Nc3ccc(Oc4ccccc4)c(C)c3)c2c1. The minimum absolute atomic E-state index is 0.644. The first-order valence-electron chi connectivity index (χ1n) is 9.72. The summed E-state index contributed by atoms with van der Waals surface area (Å²) in [5.41, 5.74) is 3.76. The van der Waals surface area contributed by atoms with E-state index < -0.39 is 0 Å². The van der Waals surface area contributed by atoms with Gasteiger partial charge in [-0.2, -0.15) is 0 Å². The summed E-state index contributed by atoms with van der Waals surface area (Å²) in [6, 6.07) is 21.7. The number of aromatic nitrogens is 2. The van der Waals surface area contributed by atoms with Gasteiger partial charge in [-0.15, -0.1) is 0 Å². The van der Waals surface area contributed by atoms with Gasteiger partial charge in [0.05, 0.1) is 12.1 Å². The lowest BCUT2D eigenvalue weighted by Crippen LogP contribution is -2.04. The molecule has 0 spiro atoms. The van der Waals surface area contributed by atoms with Crippen LogP contribution in [0.15, 0.2) is 73.1 Å². The van der Waals surface area contributed by atoms with Crippen molar-refractivity contribution in [1.82, 2.24) is 15.3 Å². The van der Waals surface area contributed by atoms with Crippen LogP contribution in [0.25, 0.3) is 10.9 Å². The number of nitrogens with zero attached hydrogens (tertiary/aromatic N) is 2. The number of fused-ring (bicyclic) bond motifs is 1. The van der Waals surface area contributed by atoms with Crippen LogP contribution in [0.5, 0.6) is 11.5 Å². The molecule has 0 aliphatic rings. The fourth-order valence-corrected chi connectivity index (χ4v) is 3.06. The molecule has 0 aliphatic carbocycles. The van der Waals surface area contributed by atoms with Crippen molar-refractivity contribution in [3.8, 4) is 23.3 Å². The molecule has 2 N–H and O–H groups in total. The Morgan fingerprint density at radius 3 is 2.63 bits per heavy atom. The van der Waals surface area contributed by atoms with E-state index >= 15 is 0 Å². The van der Waals surface area contributed by atoms with Crippen molar-refractivity contribution in [2.75, 3.05) is 18.9 Å². The summed E-state index contributed by atoms with van der Waals surface area (Å²) in [7, 11) is 1.88. The van der Waals surface area contributed by atoms with Crippen LogP contribution >= 0.6 is 0 Å². The van der Waals surface area contributed by atoms with Gasteiger partial charge in [-0.05, 0) is 68.1 Å². The lowest BCUT2D eigenvalue weighted by Gasteiger charge is -2.12. The molecule has 30 heavy (non-hydrogen) atoms. The molecule has 5 nitrogen and oxygen atoms in total. The molecule has 0 fully saturated rings. The van der Waals surface area contributed by atoms with Crippen LogP contribution in [0.1, 0.15) is 11.1 Å². The predicted molar refractivity (Wildman–Crippen MR) is 121 cm³/mol. The van der Waals surface area contributed by atoms with E-state index in [1.165, 1.54) is 0 Å². The summed E-state index contributed by atoms with van der Waals surface area (Å²) in [5, 5.41) is 7.36. The smallest absolute Gasteiger partial charge is 0.141 e. The first kappa shape index (κ1) is 19.4. The first-order chi connectivity index (χ1) is 14.7. The zero-order valence-electron chi connectivity index (χ0n) is 16.9. The minimum atomic E-state index is 0.644. The Balaban J connectivity index is 1.60. The molecular formula is C25H22N4O. The number of benzene rings is 3. The highest BCUT2D eigenvalue weighted by atomic mass is 16.5. The van der Waals surface area contributed by atoms with Gasteiger partial charge >= 0.3 is 0 Å². The van der Waals surface area contributed by atoms with Gasteiger partial charge in [0.2, 0.25) is 0 Å². The molecule has 5 heteroatoms. The molecule has 0 saturated heterocycles. The summed E-state index contributed by atoms with van der Waals surface area (Å²) in [4.78, 5) is 8.81. The molecule has 1 heterocycles. The Hall–Kier alpha value is -3.88. The molecule has 0 atom stereocenters. The minimum Gasteiger partial charge on any atom is -0.457 e. The summed E-state index contributed by atoms with van der Waals surface area (Å²) in [5.74, 6) is 8.62. The van der Waals surface area contributed by atoms with Crippen LogP contribution in [0.4, 0.5) is 11.5 Å². The summed E-state index contributed by atoms with van der Waals surface area (Å²) >= 11 is 0. The molecule has 3 aromatic carbocycles. The van der Waals surface area contributed by atoms with Crippen molar-refractivity contribution in [3.05, 3.63) is 84.2 Å². The molecule has 4 aromatic rings. The van der Waals surface area contributed by atoms with Crippen molar-refractivity contribution >= 4 is 22.4 Å². The second-order valence-electron chi connectivity index (χ2n) is 6.81. The number of ether oxygens (including phenoxy) is 1. The van der Waals surface area contributed by atoms with Crippen LogP contribution in [0.3, 0.4) is 0 Å². The predicted octanol–water partition coefficient (Wildman–Crippen LogP) is 5.05. The highest BCUT2D eigenvalue weighted by Crippen LogP contribution is 2.29. The Morgan fingerprint density at radius 2 is 1.83 bits per heavy atom. The van der Waals surface area contributed by atoms with Crippen LogP contribution in [0, 0.1) is 18.8 Å². The van der Waals surface area contributed by atoms with Gasteiger partial charge < -0.3 is 15.4 Å². The van der Waals surface area contributed by atoms with Gasteiger partial charge in [0.25, 0.3) is 0 Å². The number of hydrogen-bond donors (Lipinski definition) is 2. The molecule has 0 radical (unpaired) electrons. The zero-order chi connectivity index (χ0) is 20.8. The van der Waals surface area contributed by atoms with Gasteiger partial charge in [-0.25, -0.2) is 9.97 Å². The third kappa shape index (κ3) is 4.57. The Labute approximate surface area is 176 Å². The maximum atomic E-state index is 5.97. The number of hydrogen-bond acceptors (Lipinski definition) is 5. The van der Waals surface area contributed by atoms with Gasteiger partial charge in [-0.1, -0.05) is 30.0 Å². The Morgan fingerprint density at radius 1 is 0.967 bits per heavy atom. The van der Waals surface area contributed by atoms with Gasteiger partial charge in [0.1, 0.15) is 23.6 Å². The second-order valence-corrected chi connectivity index (χ2v) is 6.81. The van der Waals surface area contributed by atoms with Crippen LogP contribution < -0.4 is 15.4 Å². The quantitative estimate of drug-likeness (QED) is 0.464. The summed E-state index contributed by atoms with van der Waals surface area (Å²) in [6.45, 7) is 2.67. The van der Waals surface area contributed by atoms with Gasteiger partial charge in [-0.3, -0.25) is 0 Å². The van der Waals surface area contributed by atoms with Crippen LogP contribution in [-0.4, -0.2) is 23.6 Å². The largest absolute Gasteiger partial charge is 0.457 e. The third-order valence-corrected chi connectivity index (χ3v) is 4.54. The van der Waals surface area contributed by atoms with E-state index in [-0.39, 0.29) is 0 Å². The second kappa shape index (κ2) is 9.08. The third-order valence-electron chi connectivity index (χ3n) is 4.54. The van der Waals surface area contributed by atoms with E-state index in [0.717, 1.165) is 45.0 Å².